The summed E-state index contributed by atoms with van der Waals surface area (Å²) in [7, 11) is 0. The van der Waals surface area contributed by atoms with Crippen molar-refractivity contribution in [2.75, 3.05) is 6.54 Å². The number of rotatable bonds is 2. The Morgan fingerprint density at radius 3 is 2.67 bits per heavy atom. The van der Waals surface area contributed by atoms with Crippen molar-refractivity contribution in [2.24, 2.45) is 0 Å². The molecule has 4 nitrogen and oxygen atoms in total. The summed E-state index contributed by atoms with van der Waals surface area (Å²) in [4.78, 5) is 25.0. The van der Waals surface area contributed by atoms with E-state index in [9.17, 15) is 14.0 Å². The highest BCUT2D eigenvalue weighted by Crippen LogP contribution is 2.17. The van der Waals surface area contributed by atoms with Crippen LogP contribution in [0.4, 0.5) is 4.39 Å². The summed E-state index contributed by atoms with van der Waals surface area (Å²) in [6.45, 7) is 3.36. The maximum atomic E-state index is 13.5. The molecular weight excluding hydrogens is 235 g/mol. The van der Waals surface area contributed by atoms with E-state index in [1.165, 1.54) is 11.0 Å². The topological polar surface area (TPSA) is 49.4 Å². The molecule has 0 aromatic heterocycles. The van der Waals surface area contributed by atoms with Gasteiger partial charge in [-0.05, 0) is 19.9 Å². The zero-order valence-corrected chi connectivity index (χ0v) is 10.4. The smallest absolute Gasteiger partial charge is 0.248 e. The molecule has 96 valence electrons. The first-order valence-corrected chi connectivity index (χ1v) is 5.74. The Kier molecular flexibility index (Phi) is 3.07. The molecule has 0 aliphatic carbocycles. The maximum Gasteiger partial charge on any atom is 0.248 e. The van der Waals surface area contributed by atoms with Crippen LogP contribution in [-0.4, -0.2) is 28.8 Å². The third-order valence-corrected chi connectivity index (χ3v) is 2.93. The fourth-order valence-corrected chi connectivity index (χ4v) is 2.04. The van der Waals surface area contributed by atoms with Crippen LogP contribution in [0.5, 0.6) is 0 Å². The molecule has 2 rings (SSSR count). The minimum atomic E-state index is -0.930. The average molecular weight is 250 g/mol. The summed E-state index contributed by atoms with van der Waals surface area (Å²) in [5, 5.41) is 2.61. The van der Waals surface area contributed by atoms with Crippen molar-refractivity contribution in [3.05, 3.63) is 35.6 Å². The van der Waals surface area contributed by atoms with Gasteiger partial charge in [-0.25, -0.2) is 4.39 Å². The van der Waals surface area contributed by atoms with Gasteiger partial charge >= 0.3 is 0 Å². The molecule has 0 atom stereocenters. The van der Waals surface area contributed by atoms with Gasteiger partial charge in [0.05, 0.1) is 6.54 Å². The third-order valence-electron chi connectivity index (χ3n) is 2.93. The molecule has 1 fully saturated rings. The van der Waals surface area contributed by atoms with Crippen molar-refractivity contribution in [2.45, 2.75) is 25.9 Å². The van der Waals surface area contributed by atoms with E-state index in [1.54, 1.807) is 32.0 Å². The predicted octanol–water partition coefficient (Wildman–Crippen LogP) is 1.06. The van der Waals surface area contributed by atoms with E-state index in [0.717, 1.165) is 0 Å². The molecule has 1 aromatic carbocycles. The van der Waals surface area contributed by atoms with Gasteiger partial charge in [0.1, 0.15) is 11.4 Å². The van der Waals surface area contributed by atoms with Crippen LogP contribution in [0.15, 0.2) is 24.3 Å². The van der Waals surface area contributed by atoms with Crippen LogP contribution in [0.1, 0.15) is 19.4 Å². The number of benzene rings is 1. The molecule has 1 aliphatic rings. The predicted molar refractivity (Wildman–Crippen MR) is 64.0 cm³/mol. The molecular formula is C13H15FN2O2. The Bertz CT molecular complexity index is 500. The Morgan fingerprint density at radius 2 is 2.00 bits per heavy atom. The Balaban J connectivity index is 2.21. The van der Waals surface area contributed by atoms with Gasteiger partial charge in [-0.15, -0.1) is 0 Å². The van der Waals surface area contributed by atoms with Crippen molar-refractivity contribution < 1.29 is 14.0 Å². The van der Waals surface area contributed by atoms with Crippen LogP contribution in [0, 0.1) is 5.82 Å². The lowest BCUT2D eigenvalue weighted by atomic mass is 10.00. The second-order valence-corrected chi connectivity index (χ2v) is 4.93. The molecule has 0 radical (unpaired) electrons. The Morgan fingerprint density at radius 1 is 1.33 bits per heavy atom. The van der Waals surface area contributed by atoms with Crippen molar-refractivity contribution >= 4 is 11.8 Å². The van der Waals surface area contributed by atoms with Crippen molar-refractivity contribution in [1.82, 2.24) is 10.2 Å². The lowest BCUT2D eigenvalue weighted by Gasteiger charge is -2.37. The van der Waals surface area contributed by atoms with E-state index in [0.29, 0.717) is 5.56 Å². The van der Waals surface area contributed by atoms with Crippen molar-refractivity contribution in [3.63, 3.8) is 0 Å². The number of nitrogens with zero attached hydrogens (tertiary/aromatic N) is 1. The molecule has 0 spiro atoms. The highest BCUT2D eigenvalue weighted by atomic mass is 19.1. The molecule has 5 heteroatoms. The highest BCUT2D eigenvalue weighted by molar-refractivity contribution is 5.97. The quantitative estimate of drug-likeness (QED) is 0.853. The van der Waals surface area contributed by atoms with Crippen LogP contribution in [0.2, 0.25) is 0 Å². The number of carbonyl (C=O) groups is 2. The van der Waals surface area contributed by atoms with Crippen LogP contribution < -0.4 is 5.32 Å². The van der Waals surface area contributed by atoms with Crippen LogP contribution in [-0.2, 0) is 16.1 Å². The first kappa shape index (κ1) is 12.5. The van der Waals surface area contributed by atoms with E-state index in [2.05, 4.69) is 5.32 Å². The molecule has 1 aliphatic heterocycles. The number of nitrogens with one attached hydrogen (secondary N) is 1. The van der Waals surface area contributed by atoms with E-state index in [1.807, 2.05) is 0 Å². The van der Waals surface area contributed by atoms with E-state index >= 15 is 0 Å². The van der Waals surface area contributed by atoms with Crippen LogP contribution >= 0.6 is 0 Å². The van der Waals surface area contributed by atoms with E-state index in [4.69, 9.17) is 0 Å². The van der Waals surface area contributed by atoms with Gasteiger partial charge in [0.15, 0.2) is 0 Å². The summed E-state index contributed by atoms with van der Waals surface area (Å²) in [6.07, 6.45) is 0. The molecule has 18 heavy (non-hydrogen) atoms. The molecule has 1 saturated heterocycles. The normalized spacial score (nSPS) is 18.7. The largest absolute Gasteiger partial charge is 0.341 e. The zero-order chi connectivity index (χ0) is 13.3. The number of hydrogen-bond donors (Lipinski definition) is 1. The number of hydrogen-bond acceptors (Lipinski definition) is 2. The first-order chi connectivity index (χ1) is 8.40. The van der Waals surface area contributed by atoms with Gasteiger partial charge in [0, 0.05) is 12.1 Å². The summed E-state index contributed by atoms with van der Waals surface area (Å²) in [5.74, 6) is -0.796. The summed E-state index contributed by atoms with van der Waals surface area (Å²) in [6, 6.07) is 6.25. The first-order valence-electron chi connectivity index (χ1n) is 5.74. The Hall–Kier alpha value is -1.91. The second-order valence-electron chi connectivity index (χ2n) is 4.93. The van der Waals surface area contributed by atoms with Crippen molar-refractivity contribution in [3.8, 4) is 0 Å². The highest BCUT2D eigenvalue weighted by Gasteiger charge is 2.39. The van der Waals surface area contributed by atoms with Gasteiger partial charge in [0.25, 0.3) is 0 Å². The summed E-state index contributed by atoms with van der Waals surface area (Å²) in [5.41, 5.74) is -0.517. The molecule has 1 N–H and O–H groups in total. The molecule has 1 heterocycles. The number of halogens is 1. The molecule has 0 saturated carbocycles. The molecule has 2 amide bonds. The summed E-state index contributed by atoms with van der Waals surface area (Å²) >= 11 is 0. The van der Waals surface area contributed by atoms with Gasteiger partial charge in [-0.2, -0.15) is 0 Å². The number of amides is 2. The SMILES string of the molecule is CC1(C)NC(=O)CN(Cc2ccccc2F)C1=O. The lowest BCUT2D eigenvalue weighted by Crippen LogP contribution is -2.63. The van der Waals surface area contributed by atoms with Gasteiger partial charge in [-0.1, -0.05) is 18.2 Å². The number of piperazine rings is 1. The fourth-order valence-electron chi connectivity index (χ4n) is 2.04. The zero-order valence-electron chi connectivity index (χ0n) is 10.4. The molecule has 0 bridgehead atoms. The molecule has 0 unspecified atom stereocenters. The minimum Gasteiger partial charge on any atom is -0.341 e. The van der Waals surface area contributed by atoms with Gasteiger partial charge in [0.2, 0.25) is 11.8 Å². The van der Waals surface area contributed by atoms with Gasteiger partial charge < -0.3 is 10.2 Å². The van der Waals surface area contributed by atoms with Crippen LogP contribution in [0.3, 0.4) is 0 Å². The lowest BCUT2D eigenvalue weighted by molar-refractivity contribution is -0.149. The number of carbonyl (C=O) groups excluding carboxylic acids is 2. The average Bonchev–Trinajstić information content (AvgIpc) is 2.27. The van der Waals surface area contributed by atoms with Gasteiger partial charge in [-0.3, -0.25) is 9.59 Å². The van der Waals surface area contributed by atoms with E-state index < -0.39 is 5.54 Å². The van der Waals surface area contributed by atoms with Crippen molar-refractivity contribution in [1.29, 1.82) is 0 Å². The Labute approximate surface area is 105 Å². The summed E-state index contributed by atoms with van der Waals surface area (Å²) < 4.78 is 13.5. The maximum absolute atomic E-state index is 13.5. The minimum absolute atomic E-state index is 0.0312. The second kappa shape index (κ2) is 4.40. The molecule has 1 aromatic rings. The monoisotopic (exact) mass is 250 g/mol. The standard InChI is InChI=1S/C13H15FN2O2/c1-13(2)12(18)16(8-11(17)15-13)7-9-5-3-4-6-10(9)14/h3-6H,7-8H2,1-2H3,(H,15,17). The fraction of sp³-hybridized carbons (Fsp3) is 0.385. The van der Waals surface area contributed by atoms with E-state index in [-0.39, 0.29) is 30.7 Å². The van der Waals surface area contributed by atoms with Crippen LogP contribution in [0.25, 0.3) is 0 Å². The third kappa shape index (κ3) is 2.34.